The molecule has 196 valence electrons. The Hall–Kier alpha value is -4.60. The molecule has 2 amide bonds. The van der Waals surface area contributed by atoms with Gasteiger partial charge < -0.3 is 19.8 Å². The smallest absolute Gasteiger partial charge is 0.332 e. The van der Waals surface area contributed by atoms with Gasteiger partial charge in [-0.2, -0.15) is 0 Å². The first kappa shape index (κ1) is 25.1. The number of nitrogens with one attached hydrogen (secondary N) is 2. The second-order valence-electron chi connectivity index (χ2n) is 9.30. The number of aromatic nitrogens is 2. The lowest BCUT2D eigenvalue weighted by atomic mass is 10.1. The van der Waals surface area contributed by atoms with Crippen molar-refractivity contribution < 1.29 is 18.7 Å². The van der Waals surface area contributed by atoms with Crippen LogP contribution < -0.4 is 26.6 Å². The van der Waals surface area contributed by atoms with Gasteiger partial charge in [0.25, 0.3) is 11.5 Å². The summed E-state index contributed by atoms with van der Waals surface area (Å²) in [7, 11) is 1.55. The van der Waals surface area contributed by atoms with Gasteiger partial charge in [0.2, 0.25) is 5.91 Å². The molecule has 0 unspecified atom stereocenters. The fraction of sp³-hybridized carbons (Fsp3) is 0.286. The molecular weight excluding hydrogens is 488 g/mol. The average molecular weight is 517 g/mol. The number of methoxy groups -OCH3 is 1. The molecule has 0 aliphatic heterocycles. The van der Waals surface area contributed by atoms with Gasteiger partial charge in [-0.15, -0.1) is 0 Å². The molecule has 0 atom stereocenters. The third-order valence-corrected chi connectivity index (χ3v) is 6.75. The quantitative estimate of drug-likeness (QED) is 0.371. The molecule has 10 nitrogen and oxygen atoms in total. The van der Waals surface area contributed by atoms with E-state index in [4.69, 9.17) is 9.15 Å². The Morgan fingerprint density at radius 2 is 1.79 bits per heavy atom. The Morgan fingerprint density at radius 3 is 2.47 bits per heavy atom. The molecule has 0 saturated heterocycles. The maximum Gasteiger partial charge on any atom is 0.332 e. The molecule has 38 heavy (non-hydrogen) atoms. The summed E-state index contributed by atoms with van der Waals surface area (Å²) in [5.74, 6) is 0.312. The first-order chi connectivity index (χ1) is 18.4. The molecule has 0 bridgehead atoms. The molecule has 0 spiro atoms. The van der Waals surface area contributed by atoms with E-state index >= 15 is 0 Å². The monoisotopic (exact) mass is 516 g/mol. The lowest BCUT2D eigenvalue weighted by Gasteiger charge is -2.16. The van der Waals surface area contributed by atoms with E-state index in [1.54, 1.807) is 49.6 Å². The Bertz CT molecular complexity index is 1580. The molecular formula is C28H28N4O6. The Labute approximate surface area is 217 Å². The minimum Gasteiger partial charge on any atom is -0.497 e. The Morgan fingerprint density at radius 1 is 1.03 bits per heavy atom. The zero-order chi connectivity index (χ0) is 26.6. The van der Waals surface area contributed by atoms with E-state index < -0.39 is 17.2 Å². The van der Waals surface area contributed by atoms with Crippen LogP contribution >= 0.6 is 0 Å². The van der Waals surface area contributed by atoms with Crippen molar-refractivity contribution in [3.05, 3.63) is 93.0 Å². The summed E-state index contributed by atoms with van der Waals surface area (Å²) in [6.45, 7) is -0.460. The van der Waals surface area contributed by atoms with Gasteiger partial charge in [-0.1, -0.05) is 12.8 Å². The van der Waals surface area contributed by atoms with Crippen LogP contribution in [-0.2, 0) is 17.9 Å². The normalized spacial score (nSPS) is 13.5. The average Bonchev–Trinajstić information content (AvgIpc) is 3.64. The molecule has 4 aromatic rings. The van der Waals surface area contributed by atoms with Crippen molar-refractivity contribution in [1.29, 1.82) is 0 Å². The van der Waals surface area contributed by atoms with Gasteiger partial charge in [-0.25, -0.2) is 4.79 Å². The van der Waals surface area contributed by atoms with Gasteiger partial charge in [-0.05, 0) is 67.4 Å². The summed E-state index contributed by atoms with van der Waals surface area (Å²) in [6.07, 6.45) is 5.44. The van der Waals surface area contributed by atoms with Crippen LogP contribution in [-0.4, -0.2) is 34.1 Å². The maximum atomic E-state index is 13.5. The molecule has 2 heterocycles. The predicted octanol–water partition coefficient (Wildman–Crippen LogP) is 3.12. The summed E-state index contributed by atoms with van der Waals surface area (Å²) >= 11 is 0. The molecule has 2 aromatic carbocycles. The van der Waals surface area contributed by atoms with Crippen molar-refractivity contribution in [3.8, 4) is 5.75 Å². The third-order valence-electron chi connectivity index (χ3n) is 6.75. The highest BCUT2D eigenvalue weighted by Crippen LogP contribution is 2.19. The van der Waals surface area contributed by atoms with Gasteiger partial charge in [0.15, 0.2) is 0 Å². The van der Waals surface area contributed by atoms with E-state index in [2.05, 4.69) is 10.6 Å². The van der Waals surface area contributed by atoms with E-state index in [1.165, 1.54) is 23.0 Å². The minimum atomic E-state index is -0.683. The van der Waals surface area contributed by atoms with E-state index in [9.17, 15) is 19.2 Å². The number of hydrogen-bond donors (Lipinski definition) is 2. The lowest BCUT2D eigenvalue weighted by Crippen LogP contribution is -2.42. The number of carbonyl (C=O) groups excluding carboxylic acids is 2. The first-order valence-corrected chi connectivity index (χ1v) is 12.5. The van der Waals surface area contributed by atoms with Crippen LogP contribution in [0.5, 0.6) is 5.75 Å². The van der Waals surface area contributed by atoms with Gasteiger partial charge in [0.1, 0.15) is 18.1 Å². The molecule has 10 heteroatoms. The van der Waals surface area contributed by atoms with Gasteiger partial charge >= 0.3 is 5.69 Å². The van der Waals surface area contributed by atoms with Crippen LogP contribution in [0.2, 0.25) is 0 Å². The van der Waals surface area contributed by atoms with Crippen LogP contribution in [0.4, 0.5) is 5.69 Å². The Balaban J connectivity index is 1.53. The zero-order valence-corrected chi connectivity index (χ0v) is 20.9. The predicted molar refractivity (Wildman–Crippen MR) is 142 cm³/mol. The summed E-state index contributed by atoms with van der Waals surface area (Å²) in [5.41, 5.74) is -0.169. The number of amides is 2. The SMILES string of the molecule is COc1ccc(NC(=O)Cn2c(=O)n(Cc3ccco3)c(=O)c3ccc(C(=O)NC4CCCC4)cc32)cc1. The fourth-order valence-corrected chi connectivity index (χ4v) is 4.77. The molecule has 2 aromatic heterocycles. The second kappa shape index (κ2) is 10.8. The number of fused-ring (bicyclic) bond motifs is 1. The highest BCUT2D eigenvalue weighted by molar-refractivity contribution is 5.98. The minimum absolute atomic E-state index is 0.0926. The van der Waals surface area contributed by atoms with E-state index in [0.29, 0.717) is 22.8 Å². The van der Waals surface area contributed by atoms with E-state index in [-0.39, 0.29) is 35.9 Å². The highest BCUT2D eigenvalue weighted by Gasteiger charge is 2.21. The molecule has 1 aliphatic rings. The van der Waals surface area contributed by atoms with Crippen LogP contribution in [0.25, 0.3) is 10.9 Å². The first-order valence-electron chi connectivity index (χ1n) is 12.5. The van der Waals surface area contributed by atoms with Gasteiger partial charge in [0.05, 0.1) is 30.8 Å². The number of ether oxygens (including phenoxy) is 1. The highest BCUT2D eigenvalue weighted by atomic mass is 16.5. The number of nitrogens with zero attached hydrogens (tertiary/aromatic N) is 2. The van der Waals surface area contributed by atoms with E-state index in [1.807, 2.05) is 0 Å². The maximum absolute atomic E-state index is 13.5. The largest absolute Gasteiger partial charge is 0.497 e. The van der Waals surface area contributed by atoms with Crippen molar-refractivity contribution >= 4 is 28.4 Å². The Kier molecular flexibility index (Phi) is 7.12. The topological polar surface area (TPSA) is 125 Å². The number of carbonyl (C=O) groups is 2. The third kappa shape index (κ3) is 5.24. The molecule has 1 aliphatic carbocycles. The molecule has 5 rings (SSSR count). The molecule has 0 radical (unpaired) electrons. The summed E-state index contributed by atoms with van der Waals surface area (Å²) < 4.78 is 12.7. The van der Waals surface area contributed by atoms with E-state index in [0.717, 1.165) is 30.3 Å². The number of benzene rings is 2. The lowest BCUT2D eigenvalue weighted by molar-refractivity contribution is -0.116. The standard InChI is InChI=1S/C28H28N4O6/c1-37-21-11-9-20(10-12-21)29-25(33)17-31-24-15-18(26(34)30-19-5-2-3-6-19)8-13-23(24)27(35)32(28(31)36)16-22-7-4-14-38-22/h4,7-15,19H,2-3,5-6,16-17H2,1H3,(H,29,33)(H,30,34). The van der Waals surface area contributed by atoms with Crippen molar-refractivity contribution in [1.82, 2.24) is 14.5 Å². The fourth-order valence-electron chi connectivity index (χ4n) is 4.77. The molecule has 1 saturated carbocycles. The van der Waals surface area contributed by atoms with Gasteiger partial charge in [0, 0.05) is 17.3 Å². The van der Waals surface area contributed by atoms with Crippen LogP contribution in [0.3, 0.4) is 0 Å². The van der Waals surface area contributed by atoms with Crippen LogP contribution in [0.1, 0.15) is 41.8 Å². The number of hydrogen-bond acceptors (Lipinski definition) is 6. The van der Waals surface area contributed by atoms with Crippen LogP contribution in [0, 0.1) is 0 Å². The number of furan rings is 1. The number of anilines is 1. The van der Waals surface area contributed by atoms with Crippen molar-refractivity contribution in [2.45, 2.75) is 44.8 Å². The number of rotatable bonds is 8. The molecule has 2 N–H and O–H groups in total. The van der Waals surface area contributed by atoms with Crippen molar-refractivity contribution in [2.24, 2.45) is 0 Å². The van der Waals surface area contributed by atoms with Gasteiger partial charge in [-0.3, -0.25) is 23.5 Å². The second-order valence-corrected chi connectivity index (χ2v) is 9.30. The van der Waals surface area contributed by atoms with Crippen LogP contribution in [0.15, 0.2) is 74.9 Å². The summed E-state index contributed by atoms with van der Waals surface area (Å²) in [6, 6.07) is 14.8. The zero-order valence-electron chi connectivity index (χ0n) is 20.9. The summed E-state index contributed by atoms with van der Waals surface area (Å²) in [4.78, 5) is 52.8. The molecule has 1 fully saturated rings. The van der Waals surface area contributed by atoms with Crippen molar-refractivity contribution in [3.63, 3.8) is 0 Å². The summed E-state index contributed by atoms with van der Waals surface area (Å²) in [5, 5.41) is 5.99. The van der Waals surface area contributed by atoms with Crippen molar-refractivity contribution in [2.75, 3.05) is 12.4 Å².